The maximum Gasteiger partial charge on any atom is 0.200 e. The van der Waals surface area contributed by atoms with Crippen LogP contribution in [0.4, 0.5) is 0 Å². The molecule has 2 aliphatic heterocycles. The van der Waals surface area contributed by atoms with Crippen molar-refractivity contribution in [1.82, 2.24) is 0 Å². The highest BCUT2D eigenvalue weighted by Gasteiger charge is 2.26. The predicted molar refractivity (Wildman–Crippen MR) is 123 cm³/mol. The minimum absolute atomic E-state index is 0.0508. The molecule has 0 aliphatic carbocycles. The molecule has 2 aliphatic rings. The van der Waals surface area contributed by atoms with Crippen molar-refractivity contribution < 1.29 is 16.8 Å². The first-order chi connectivity index (χ1) is 13.6. The summed E-state index contributed by atoms with van der Waals surface area (Å²) in [6.07, 6.45) is 1.67. The summed E-state index contributed by atoms with van der Waals surface area (Å²) in [6.45, 7) is 12.8. The average molecular weight is 447 g/mol. The topological polar surface area (TPSA) is 68.3 Å². The van der Waals surface area contributed by atoms with Crippen LogP contribution in [0.15, 0.2) is 46.7 Å². The SMILES string of the molecule is CC(C)(C)c1ccc2c(c1)C=CS2(=O)=O.CC(C)(C)c1ccc2c(c1)CS(=O)(=O)C2. The van der Waals surface area contributed by atoms with Crippen LogP contribution in [-0.4, -0.2) is 16.8 Å². The molecular weight excluding hydrogens is 416 g/mol. The molecule has 0 amide bonds. The minimum Gasteiger partial charge on any atom is -0.228 e. The maximum absolute atomic E-state index is 11.5. The van der Waals surface area contributed by atoms with Crippen LogP contribution in [-0.2, 0) is 42.0 Å². The van der Waals surface area contributed by atoms with Crippen molar-refractivity contribution in [2.45, 2.75) is 68.8 Å². The fraction of sp³-hybridized carbons (Fsp3) is 0.417. The minimum atomic E-state index is -3.15. The third kappa shape index (κ3) is 4.86. The van der Waals surface area contributed by atoms with Crippen molar-refractivity contribution in [2.24, 2.45) is 0 Å². The molecule has 4 nitrogen and oxygen atoms in total. The Hall–Kier alpha value is -1.92. The highest BCUT2D eigenvalue weighted by molar-refractivity contribution is 7.94. The summed E-state index contributed by atoms with van der Waals surface area (Å²) < 4.78 is 46.0. The number of hydrogen-bond donors (Lipinski definition) is 0. The van der Waals surface area contributed by atoms with Crippen LogP contribution in [0.3, 0.4) is 0 Å². The van der Waals surface area contributed by atoms with Crippen molar-refractivity contribution in [3.8, 4) is 0 Å². The second-order valence-corrected chi connectivity index (χ2v) is 14.0. The average Bonchev–Trinajstić information content (AvgIpc) is 3.07. The molecule has 2 aromatic rings. The van der Waals surface area contributed by atoms with Gasteiger partial charge in [0.05, 0.1) is 16.4 Å². The quantitative estimate of drug-likeness (QED) is 0.561. The van der Waals surface area contributed by atoms with E-state index in [1.807, 2.05) is 30.3 Å². The normalized spacial score (nSPS) is 18.3. The molecule has 2 aromatic carbocycles. The second-order valence-electron chi connectivity index (χ2n) is 10.1. The molecular formula is C24H30O4S2. The summed E-state index contributed by atoms with van der Waals surface area (Å²) in [5.41, 5.74) is 5.27. The molecule has 0 spiro atoms. The molecule has 6 heteroatoms. The van der Waals surface area contributed by atoms with Gasteiger partial charge in [-0.25, -0.2) is 16.8 Å². The van der Waals surface area contributed by atoms with Crippen LogP contribution < -0.4 is 0 Å². The van der Waals surface area contributed by atoms with Crippen LogP contribution in [0.2, 0.25) is 0 Å². The van der Waals surface area contributed by atoms with Gasteiger partial charge in [-0.15, -0.1) is 0 Å². The summed E-state index contributed by atoms with van der Waals surface area (Å²) in [7, 11) is -6.02. The van der Waals surface area contributed by atoms with Gasteiger partial charge in [0.1, 0.15) is 0 Å². The first-order valence-electron chi connectivity index (χ1n) is 9.99. The van der Waals surface area contributed by atoms with Crippen LogP contribution in [0.5, 0.6) is 0 Å². The zero-order valence-electron chi connectivity index (χ0n) is 18.5. The number of rotatable bonds is 0. The van der Waals surface area contributed by atoms with Crippen LogP contribution >= 0.6 is 0 Å². The van der Waals surface area contributed by atoms with E-state index in [4.69, 9.17) is 0 Å². The molecule has 0 saturated heterocycles. The van der Waals surface area contributed by atoms with Gasteiger partial charge in [-0.3, -0.25) is 0 Å². The summed E-state index contributed by atoms with van der Waals surface area (Å²) in [4.78, 5) is 0.426. The third-order valence-corrected chi connectivity index (χ3v) is 8.41. The monoisotopic (exact) mass is 446 g/mol. The molecule has 162 valence electrons. The van der Waals surface area contributed by atoms with Crippen LogP contribution in [0.25, 0.3) is 6.08 Å². The van der Waals surface area contributed by atoms with Gasteiger partial charge in [-0.2, -0.15) is 0 Å². The van der Waals surface area contributed by atoms with Crippen molar-refractivity contribution >= 4 is 25.8 Å². The van der Waals surface area contributed by atoms with Crippen LogP contribution in [0, 0.1) is 0 Å². The van der Waals surface area contributed by atoms with Gasteiger partial charge in [0.15, 0.2) is 19.7 Å². The number of hydrogen-bond acceptors (Lipinski definition) is 4. The maximum atomic E-state index is 11.5. The van der Waals surface area contributed by atoms with Gasteiger partial charge in [0.25, 0.3) is 0 Å². The van der Waals surface area contributed by atoms with Gasteiger partial charge in [-0.05, 0) is 56.9 Å². The Morgan fingerprint density at radius 3 is 1.83 bits per heavy atom. The van der Waals surface area contributed by atoms with E-state index >= 15 is 0 Å². The Morgan fingerprint density at radius 1 is 0.700 bits per heavy atom. The molecule has 0 aromatic heterocycles. The lowest BCUT2D eigenvalue weighted by atomic mass is 9.85. The van der Waals surface area contributed by atoms with E-state index in [0.29, 0.717) is 4.90 Å². The first-order valence-corrected chi connectivity index (χ1v) is 13.4. The fourth-order valence-corrected chi connectivity index (χ4v) is 6.32. The second kappa shape index (κ2) is 7.34. The van der Waals surface area contributed by atoms with Gasteiger partial charge in [0.2, 0.25) is 0 Å². The zero-order valence-corrected chi connectivity index (χ0v) is 20.1. The lowest BCUT2D eigenvalue weighted by molar-refractivity contribution is 0.588. The van der Waals surface area contributed by atoms with E-state index in [-0.39, 0.29) is 22.3 Å². The van der Waals surface area contributed by atoms with E-state index in [0.717, 1.165) is 22.3 Å². The Bertz CT molecular complexity index is 1220. The van der Waals surface area contributed by atoms with Gasteiger partial charge < -0.3 is 0 Å². The molecule has 0 unspecified atom stereocenters. The number of sulfone groups is 2. The van der Waals surface area contributed by atoms with Gasteiger partial charge in [0, 0.05) is 5.41 Å². The highest BCUT2D eigenvalue weighted by atomic mass is 32.2. The predicted octanol–water partition coefficient (Wildman–Crippen LogP) is 5.15. The van der Waals surface area contributed by atoms with Crippen molar-refractivity contribution in [1.29, 1.82) is 0 Å². The molecule has 0 N–H and O–H groups in total. The Kier molecular flexibility index (Phi) is 5.57. The molecule has 0 bridgehead atoms. The van der Waals surface area contributed by atoms with E-state index < -0.39 is 19.7 Å². The lowest BCUT2D eigenvalue weighted by Crippen LogP contribution is -2.11. The third-order valence-electron chi connectivity index (χ3n) is 5.43. The molecule has 0 saturated carbocycles. The first kappa shape index (κ1) is 22.8. The fourth-order valence-electron chi connectivity index (χ4n) is 3.53. The molecule has 30 heavy (non-hydrogen) atoms. The van der Waals surface area contributed by atoms with E-state index in [9.17, 15) is 16.8 Å². The zero-order chi connectivity index (χ0) is 22.5. The highest BCUT2D eigenvalue weighted by Crippen LogP contribution is 2.32. The van der Waals surface area contributed by atoms with E-state index in [1.165, 1.54) is 11.0 Å². The Morgan fingerprint density at radius 2 is 1.23 bits per heavy atom. The van der Waals surface area contributed by atoms with Crippen molar-refractivity contribution in [2.75, 3.05) is 0 Å². The largest absolute Gasteiger partial charge is 0.228 e. The molecule has 4 rings (SSSR count). The lowest BCUT2D eigenvalue weighted by Gasteiger charge is -2.19. The summed E-state index contributed by atoms with van der Waals surface area (Å²) in [6, 6.07) is 11.6. The smallest absolute Gasteiger partial charge is 0.200 e. The summed E-state index contributed by atoms with van der Waals surface area (Å²) in [5.74, 6) is 0.430. The Balaban J connectivity index is 0.000000171. The summed E-state index contributed by atoms with van der Waals surface area (Å²) >= 11 is 0. The Labute approximate surface area is 180 Å². The molecule has 2 heterocycles. The van der Waals surface area contributed by atoms with Gasteiger partial charge >= 0.3 is 0 Å². The summed E-state index contributed by atoms with van der Waals surface area (Å²) in [5, 5.41) is 1.27. The molecule has 0 radical (unpaired) electrons. The molecule has 0 fully saturated rings. The van der Waals surface area contributed by atoms with Gasteiger partial charge in [-0.1, -0.05) is 65.8 Å². The van der Waals surface area contributed by atoms with E-state index in [2.05, 4.69) is 41.5 Å². The van der Waals surface area contributed by atoms with Crippen LogP contribution in [0.1, 0.15) is 69.4 Å². The standard InChI is InChI=1S/C12H16O2S.C12H14O2S/c1-12(2,3)11-5-4-9-7-15(13,14)8-10(9)6-11;1-12(2,3)10-4-5-11-9(8-10)6-7-15(11,13)14/h4-6H,7-8H2,1-3H3;4-8H,1-3H3. The number of benzene rings is 2. The van der Waals surface area contributed by atoms with Crippen molar-refractivity contribution in [3.63, 3.8) is 0 Å². The number of fused-ring (bicyclic) bond motifs is 2. The molecule has 0 atom stereocenters. The van der Waals surface area contributed by atoms with E-state index in [1.54, 1.807) is 12.1 Å². The van der Waals surface area contributed by atoms with Crippen molar-refractivity contribution in [3.05, 3.63) is 69.6 Å².